The minimum Gasteiger partial charge on any atom is -0.594 e. The predicted molar refractivity (Wildman–Crippen MR) is 72.5 cm³/mol. The van der Waals surface area contributed by atoms with Crippen LogP contribution in [0.1, 0.15) is 0 Å². The number of hydrogen-bond donors (Lipinski definition) is 0. The lowest BCUT2D eigenvalue weighted by Crippen LogP contribution is -2.31. The Kier molecular flexibility index (Phi) is 2.30. The van der Waals surface area contributed by atoms with E-state index in [1.165, 1.54) is 0 Å². The van der Waals surface area contributed by atoms with Crippen molar-refractivity contribution in [3.05, 3.63) is 47.7 Å². The van der Waals surface area contributed by atoms with Crippen LogP contribution >= 0.6 is 0 Å². The number of benzene rings is 2. The third-order valence-electron chi connectivity index (χ3n) is 3.10. The second-order valence-corrected chi connectivity index (χ2v) is 4.49. The van der Waals surface area contributed by atoms with Crippen LogP contribution in [0.5, 0.6) is 0 Å². The third kappa shape index (κ3) is 1.54. The maximum Gasteiger partial charge on any atom is 0.252 e. The van der Waals surface area contributed by atoms with Crippen molar-refractivity contribution in [2.75, 3.05) is 19.0 Å². The molecule has 4 heteroatoms. The number of hydrogen-bond acceptors (Lipinski definition) is 3. The molecule has 3 aromatic rings. The van der Waals surface area contributed by atoms with E-state index in [9.17, 15) is 5.21 Å². The van der Waals surface area contributed by atoms with Crippen molar-refractivity contribution in [1.29, 1.82) is 0 Å². The van der Waals surface area contributed by atoms with Crippen LogP contribution in [-0.2, 0) is 0 Å². The van der Waals surface area contributed by atoms with Crippen molar-refractivity contribution in [2.45, 2.75) is 0 Å². The third-order valence-corrected chi connectivity index (χ3v) is 3.10. The van der Waals surface area contributed by atoms with Gasteiger partial charge in [-0.15, -0.1) is 0 Å². The first-order chi connectivity index (χ1) is 8.66. The van der Waals surface area contributed by atoms with Gasteiger partial charge in [-0.05, 0) is 29.1 Å². The summed E-state index contributed by atoms with van der Waals surface area (Å²) in [5.74, 6) is 0. The van der Waals surface area contributed by atoms with E-state index >= 15 is 0 Å². The molecule has 0 spiro atoms. The van der Waals surface area contributed by atoms with E-state index in [1.807, 2.05) is 49.3 Å². The first kappa shape index (κ1) is 10.8. The molecule has 0 N–H and O–H groups in total. The van der Waals surface area contributed by atoms with Crippen LogP contribution in [0.4, 0.5) is 5.69 Å². The summed E-state index contributed by atoms with van der Waals surface area (Å²) in [6.45, 7) is 0. The molecular weight excluding hydrogens is 226 g/mol. The number of para-hydroxylation sites is 1. The Labute approximate surface area is 105 Å². The molecule has 0 saturated heterocycles. The van der Waals surface area contributed by atoms with E-state index in [1.54, 1.807) is 6.07 Å². The molecule has 0 aliphatic rings. The van der Waals surface area contributed by atoms with E-state index < -0.39 is 0 Å². The van der Waals surface area contributed by atoms with Gasteiger partial charge in [-0.25, -0.2) is 0 Å². The maximum absolute atomic E-state index is 11.8. The van der Waals surface area contributed by atoms with Crippen molar-refractivity contribution >= 4 is 27.5 Å². The lowest BCUT2D eigenvalue weighted by Gasteiger charge is -2.13. The van der Waals surface area contributed by atoms with Crippen LogP contribution in [0.2, 0.25) is 0 Å². The largest absolute Gasteiger partial charge is 0.594 e. The van der Waals surface area contributed by atoms with E-state index in [0.29, 0.717) is 15.9 Å². The highest BCUT2D eigenvalue weighted by Gasteiger charge is 2.11. The molecule has 2 aromatic carbocycles. The predicted octanol–water partition coefficient (Wildman–Crippen LogP) is 2.09. The molecule has 0 saturated carbocycles. The van der Waals surface area contributed by atoms with Crippen LogP contribution in [0, 0.1) is 5.21 Å². The van der Waals surface area contributed by atoms with Gasteiger partial charge < -0.3 is 10.1 Å². The fraction of sp³-hybridized carbons (Fsp3) is 0.143. The molecule has 0 atom stereocenters. The quantitative estimate of drug-likeness (QED) is 0.371. The molecule has 0 fully saturated rings. The van der Waals surface area contributed by atoms with Crippen molar-refractivity contribution in [1.82, 2.24) is 5.10 Å². The van der Waals surface area contributed by atoms with Gasteiger partial charge >= 0.3 is 0 Å². The number of aromatic nitrogens is 2. The SMILES string of the molecule is CN(C)c1ccc2n[n+]([O-])c3ccccc3c2c1. The molecular formula is C14H13N3O. The molecule has 1 heterocycles. The summed E-state index contributed by atoms with van der Waals surface area (Å²) in [6, 6.07) is 13.4. The average Bonchev–Trinajstić information content (AvgIpc) is 2.38. The molecule has 1 aromatic heterocycles. The lowest BCUT2D eigenvalue weighted by molar-refractivity contribution is -0.639. The standard InChI is InChI=1S/C14H13N3O/c1-16(2)10-7-8-13-12(9-10)11-5-3-4-6-14(11)17(18)15-13/h3-9H,1-2H3. The number of nitrogens with zero attached hydrogens (tertiary/aromatic N) is 3. The Hall–Kier alpha value is -2.36. The van der Waals surface area contributed by atoms with Crippen LogP contribution in [0.15, 0.2) is 42.5 Å². The molecule has 90 valence electrons. The molecule has 0 radical (unpaired) electrons. The van der Waals surface area contributed by atoms with Gasteiger partial charge in [0.25, 0.3) is 5.52 Å². The van der Waals surface area contributed by atoms with E-state index in [2.05, 4.69) is 11.2 Å². The van der Waals surface area contributed by atoms with E-state index in [0.717, 1.165) is 16.5 Å². The Balaban J connectivity index is 2.46. The Bertz CT molecular complexity index is 738. The summed E-state index contributed by atoms with van der Waals surface area (Å²) >= 11 is 0. The minimum absolute atomic E-state index is 0.598. The van der Waals surface area contributed by atoms with Gasteiger partial charge in [-0.1, -0.05) is 12.1 Å². The van der Waals surface area contributed by atoms with Crippen molar-refractivity contribution in [2.24, 2.45) is 0 Å². The molecule has 18 heavy (non-hydrogen) atoms. The Morgan fingerprint density at radius 2 is 1.83 bits per heavy atom. The van der Waals surface area contributed by atoms with Gasteiger partial charge in [0, 0.05) is 36.3 Å². The highest BCUT2D eigenvalue weighted by molar-refractivity contribution is 6.03. The number of anilines is 1. The monoisotopic (exact) mass is 239 g/mol. The van der Waals surface area contributed by atoms with Gasteiger partial charge in [0.05, 0.1) is 5.39 Å². The van der Waals surface area contributed by atoms with Crippen molar-refractivity contribution < 1.29 is 4.85 Å². The average molecular weight is 239 g/mol. The first-order valence-electron chi connectivity index (χ1n) is 5.76. The molecule has 0 bridgehead atoms. The maximum atomic E-state index is 11.8. The molecule has 0 aliphatic carbocycles. The second-order valence-electron chi connectivity index (χ2n) is 4.49. The summed E-state index contributed by atoms with van der Waals surface area (Å²) < 4.78 is 0. The highest BCUT2D eigenvalue weighted by atomic mass is 16.5. The minimum atomic E-state index is 0.598. The molecule has 0 aliphatic heterocycles. The second kappa shape index (κ2) is 3.84. The number of rotatable bonds is 1. The Morgan fingerprint density at radius 3 is 2.61 bits per heavy atom. The zero-order chi connectivity index (χ0) is 12.7. The fourth-order valence-electron chi connectivity index (χ4n) is 2.13. The van der Waals surface area contributed by atoms with Gasteiger partial charge in [-0.3, -0.25) is 0 Å². The van der Waals surface area contributed by atoms with Crippen LogP contribution in [0.25, 0.3) is 21.8 Å². The van der Waals surface area contributed by atoms with Crippen molar-refractivity contribution in [3.8, 4) is 0 Å². The molecule has 4 nitrogen and oxygen atoms in total. The van der Waals surface area contributed by atoms with Crippen LogP contribution < -0.4 is 9.75 Å². The lowest BCUT2D eigenvalue weighted by atomic mass is 10.1. The zero-order valence-electron chi connectivity index (χ0n) is 10.3. The van der Waals surface area contributed by atoms with Gasteiger partial charge in [-0.2, -0.15) is 0 Å². The summed E-state index contributed by atoms with van der Waals surface area (Å²) in [7, 11) is 3.99. The zero-order valence-corrected chi connectivity index (χ0v) is 10.3. The molecule has 0 unspecified atom stereocenters. The van der Waals surface area contributed by atoms with Crippen molar-refractivity contribution in [3.63, 3.8) is 0 Å². The topological polar surface area (TPSA) is 43.1 Å². The van der Waals surface area contributed by atoms with E-state index in [4.69, 9.17) is 0 Å². The summed E-state index contributed by atoms with van der Waals surface area (Å²) in [5, 5.41) is 17.8. The smallest absolute Gasteiger partial charge is 0.252 e. The summed E-state index contributed by atoms with van der Waals surface area (Å²) in [5.41, 5.74) is 2.41. The molecule has 0 amide bonds. The fourth-order valence-corrected chi connectivity index (χ4v) is 2.13. The number of fused-ring (bicyclic) bond motifs is 3. The highest BCUT2D eigenvalue weighted by Crippen LogP contribution is 2.24. The normalized spacial score (nSPS) is 11.0. The first-order valence-corrected chi connectivity index (χ1v) is 5.76. The molecule has 3 rings (SSSR count). The Morgan fingerprint density at radius 1 is 1.06 bits per heavy atom. The van der Waals surface area contributed by atoms with E-state index in [-0.39, 0.29) is 0 Å². The van der Waals surface area contributed by atoms with Crippen LogP contribution in [0.3, 0.4) is 0 Å². The van der Waals surface area contributed by atoms with Gasteiger partial charge in [0.1, 0.15) is 5.52 Å². The van der Waals surface area contributed by atoms with Gasteiger partial charge in [0.15, 0.2) is 0 Å². The summed E-state index contributed by atoms with van der Waals surface area (Å²) in [6.07, 6.45) is 0. The van der Waals surface area contributed by atoms with Crippen LogP contribution in [-0.4, -0.2) is 19.2 Å². The van der Waals surface area contributed by atoms with Gasteiger partial charge in [0.2, 0.25) is 0 Å². The summed E-state index contributed by atoms with van der Waals surface area (Å²) in [4.78, 5) is 2.72.